The van der Waals surface area contributed by atoms with Crippen molar-refractivity contribution in [3.63, 3.8) is 0 Å². The predicted octanol–water partition coefficient (Wildman–Crippen LogP) is 2.22. The number of ether oxygens (including phenoxy) is 1. The number of sulfonamides is 1. The van der Waals surface area contributed by atoms with Gasteiger partial charge < -0.3 is 14.1 Å². The quantitative estimate of drug-likeness (QED) is 0.244. The standard InChI is InChI=1S/C20H23N3O8S2/c1-13-18(20(25)30-3)19(14(2)31-13)33(28,29)22-10-8-21(9-11-22)17(24)12-32-16-6-4-15(5-7-16)23(26)27/h4-7H,8-12H2,1-3H3. The van der Waals surface area contributed by atoms with Crippen molar-refractivity contribution in [2.24, 2.45) is 0 Å². The summed E-state index contributed by atoms with van der Waals surface area (Å²) in [6.07, 6.45) is 0. The SMILES string of the molecule is COC(=O)c1c(C)oc(C)c1S(=O)(=O)N1CCN(C(=O)CSc2ccc([N+](=O)[O-])cc2)CC1. The van der Waals surface area contributed by atoms with E-state index >= 15 is 0 Å². The summed E-state index contributed by atoms with van der Waals surface area (Å²) in [6, 6.07) is 5.90. The van der Waals surface area contributed by atoms with Crippen LogP contribution in [0.4, 0.5) is 5.69 Å². The lowest BCUT2D eigenvalue weighted by molar-refractivity contribution is -0.384. The molecule has 13 heteroatoms. The van der Waals surface area contributed by atoms with Gasteiger partial charge in [-0.05, 0) is 26.0 Å². The molecule has 0 unspecified atom stereocenters. The van der Waals surface area contributed by atoms with Gasteiger partial charge in [0.05, 0.1) is 17.8 Å². The fourth-order valence-electron chi connectivity index (χ4n) is 3.52. The second-order valence-corrected chi connectivity index (χ2v) is 10.2. The average Bonchev–Trinajstić information content (AvgIpc) is 3.11. The number of amides is 1. The molecule has 1 fully saturated rings. The predicted molar refractivity (Wildman–Crippen MR) is 119 cm³/mol. The van der Waals surface area contributed by atoms with Gasteiger partial charge >= 0.3 is 5.97 Å². The van der Waals surface area contributed by atoms with Gasteiger partial charge in [0.25, 0.3) is 5.69 Å². The number of non-ortho nitro benzene ring substituents is 1. The number of hydrogen-bond donors (Lipinski definition) is 0. The molecule has 2 heterocycles. The molecule has 1 aromatic heterocycles. The van der Waals surface area contributed by atoms with Crippen molar-refractivity contribution in [3.8, 4) is 0 Å². The minimum absolute atomic E-state index is 0.0265. The van der Waals surface area contributed by atoms with Crippen LogP contribution in [-0.4, -0.2) is 73.5 Å². The number of nitrogens with zero attached hydrogens (tertiary/aromatic N) is 3. The van der Waals surface area contributed by atoms with E-state index in [1.807, 2.05) is 0 Å². The molecular formula is C20H23N3O8S2. The Morgan fingerprint density at radius 2 is 1.73 bits per heavy atom. The molecule has 0 saturated carbocycles. The molecule has 11 nitrogen and oxygen atoms in total. The Morgan fingerprint density at radius 3 is 2.27 bits per heavy atom. The van der Waals surface area contributed by atoms with Gasteiger partial charge in [0.2, 0.25) is 15.9 Å². The zero-order valence-corrected chi connectivity index (χ0v) is 19.9. The van der Waals surface area contributed by atoms with Gasteiger partial charge in [0.15, 0.2) is 0 Å². The highest BCUT2D eigenvalue weighted by Crippen LogP contribution is 2.30. The van der Waals surface area contributed by atoms with Crippen LogP contribution in [0.1, 0.15) is 21.9 Å². The zero-order chi connectivity index (χ0) is 24.3. The average molecular weight is 498 g/mol. The number of carbonyl (C=O) groups excluding carboxylic acids is 2. The smallest absolute Gasteiger partial charge is 0.342 e. The summed E-state index contributed by atoms with van der Waals surface area (Å²) in [7, 11) is -2.87. The fraction of sp³-hybridized carbons (Fsp3) is 0.400. The Hall–Kier alpha value is -2.90. The molecular weight excluding hydrogens is 474 g/mol. The summed E-state index contributed by atoms with van der Waals surface area (Å²) in [5.41, 5.74) is -0.144. The Morgan fingerprint density at radius 1 is 1.12 bits per heavy atom. The summed E-state index contributed by atoms with van der Waals surface area (Å²) in [6.45, 7) is 3.50. The number of nitro groups is 1. The summed E-state index contributed by atoms with van der Waals surface area (Å²) >= 11 is 1.25. The molecule has 33 heavy (non-hydrogen) atoms. The molecule has 3 rings (SSSR count). The molecule has 1 aliphatic heterocycles. The number of aryl methyl sites for hydroxylation is 2. The van der Waals surface area contributed by atoms with E-state index in [9.17, 15) is 28.1 Å². The molecule has 0 radical (unpaired) electrons. The first-order valence-corrected chi connectivity index (χ1v) is 12.3. The lowest BCUT2D eigenvalue weighted by atomic mass is 10.2. The number of rotatable bonds is 7. The van der Waals surface area contributed by atoms with E-state index in [4.69, 9.17) is 9.15 Å². The van der Waals surface area contributed by atoms with E-state index in [1.165, 1.54) is 49.2 Å². The normalized spacial score (nSPS) is 14.8. The van der Waals surface area contributed by atoms with Gasteiger partial charge in [-0.25, -0.2) is 13.2 Å². The first kappa shape index (κ1) is 24.7. The monoisotopic (exact) mass is 497 g/mol. The van der Waals surface area contributed by atoms with Gasteiger partial charge in [-0.3, -0.25) is 14.9 Å². The summed E-state index contributed by atoms with van der Waals surface area (Å²) < 4.78 is 37.8. The first-order valence-electron chi connectivity index (χ1n) is 9.89. The number of piperazine rings is 1. The molecule has 1 aromatic carbocycles. The number of esters is 1. The molecule has 0 aliphatic carbocycles. The maximum atomic E-state index is 13.2. The number of benzene rings is 1. The number of furan rings is 1. The summed E-state index contributed by atoms with van der Waals surface area (Å²) in [5, 5.41) is 10.7. The minimum atomic E-state index is -4.03. The Labute approximate surface area is 194 Å². The number of carbonyl (C=O) groups is 2. The molecule has 0 spiro atoms. The third-order valence-corrected chi connectivity index (χ3v) is 8.24. The number of nitro benzene ring substituents is 1. The van der Waals surface area contributed by atoms with Crippen molar-refractivity contribution in [3.05, 3.63) is 51.5 Å². The number of hydrogen-bond acceptors (Lipinski definition) is 9. The molecule has 0 N–H and O–H groups in total. The molecule has 2 aromatic rings. The van der Waals surface area contributed by atoms with E-state index in [2.05, 4.69) is 0 Å². The first-order chi connectivity index (χ1) is 15.6. The van der Waals surface area contributed by atoms with Crippen LogP contribution >= 0.6 is 11.8 Å². The van der Waals surface area contributed by atoms with Crippen LogP contribution in [0.5, 0.6) is 0 Å². The van der Waals surface area contributed by atoms with Crippen molar-refractivity contribution in [2.45, 2.75) is 23.6 Å². The lowest BCUT2D eigenvalue weighted by Gasteiger charge is -2.34. The largest absolute Gasteiger partial charge is 0.465 e. The Kier molecular flexibility index (Phi) is 7.44. The molecule has 1 aliphatic rings. The third kappa shape index (κ3) is 5.20. The van der Waals surface area contributed by atoms with Crippen molar-refractivity contribution < 1.29 is 32.1 Å². The summed E-state index contributed by atoms with van der Waals surface area (Å²) in [5.74, 6) is -0.571. The van der Waals surface area contributed by atoms with Crippen LogP contribution in [0.3, 0.4) is 0 Å². The van der Waals surface area contributed by atoms with E-state index in [0.717, 1.165) is 4.90 Å². The third-order valence-electron chi connectivity index (χ3n) is 5.19. The Balaban J connectivity index is 1.63. The van der Waals surface area contributed by atoms with E-state index in [-0.39, 0.29) is 65.5 Å². The highest BCUT2D eigenvalue weighted by molar-refractivity contribution is 8.00. The highest BCUT2D eigenvalue weighted by Gasteiger charge is 2.37. The molecule has 0 atom stereocenters. The van der Waals surface area contributed by atoms with Crippen LogP contribution in [0, 0.1) is 24.0 Å². The minimum Gasteiger partial charge on any atom is -0.465 e. The topological polar surface area (TPSA) is 140 Å². The molecule has 0 bridgehead atoms. The Bertz CT molecular complexity index is 1170. The second kappa shape index (κ2) is 9.93. The van der Waals surface area contributed by atoms with E-state index in [1.54, 1.807) is 17.0 Å². The van der Waals surface area contributed by atoms with Gasteiger partial charge in [0.1, 0.15) is 22.0 Å². The van der Waals surface area contributed by atoms with Gasteiger partial charge in [-0.15, -0.1) is 11.8 Å². The van der Waals surface area contributed by atoms with Crippen LogP contribution in [0.2, 0.25) is 0 Å². The van der Waals surface area contributed by atoms with Crippen molar-refractivity contribution in [1.29, 1.82) is 0 Å². The molecule has 1 amide bonds. The lowest BCUT2D eigenvalue weighted by Crippen LogP contribution is -2.51. The fourth-order valence-corrected chi connectivity index (χ4v) is 6.11. The van der Waals surface area contributed by atoms with Crippen LogP contribution in [-0.2, 0) is 19.6 Å². The molecule has 1 saturated heterocycles. The summed E-state index contributed by atoms with van der Waals surface area (Å²) in [4.78, 5) is 37.0. The van der Waals surface area contributed by atoms with Crippen LogP contribution < -0.4 is 0 Å². The maximum Gasteiger partial charge on any atom is 0.342 e. The van der Waals surface area contributed by atoms with Gasteiger partial charge in [-0.1, -0.05) is 0 Å². The van der Waals surface area contributed by atoms with Gasteiger partial charge in [-0.2, -0.15) is 4.31 Å². The van der Waals surface area contributed by atoms with Crippen LogP contribution in [0.15, 0.2) is 38.5 Å². The molecule has 178 valence electrons. The second-order valence-electron chi connectivity index (χ2n) is 7.23. The van der Waals surface area contributed by atoms with Crippen molar-refractivity contribution >= 4 is 39.3 Å². The van der Waals surface area contributed by atoms with Crippen LogP contribution in [0.25, 0.3) is 0 Å². The van der Waals surface area contributed by atoms with Crippen molar-refractivity contribution in [2.75, 3.05) is 39.0 Å². The highest BCUT2D eigenvalue weighted by atomic mass is 32.2. The van der Waals surface area contributed by atoms with Gasteiger partial charge in [0, 0.05) is 43.2 Å². The van der Waals surface area contributed by atoms with E-state index in [0.29, 0.717) is 0 Å². The van der Waals surface area contributed by atoms with E-state index < -0.39 is 20.9 Å². The van der Waals surface area contributed by atoms with Crippen molar-refractivity contribution in [1.82, 2.24) is 9.21 Å². The number of thioether (sulfide) groups is 1. The number of methoxy groups -OCH3 is 1. The zero-order valence-electron chi connectivity index (χ0n) is 18.3. The maximum absolute atomic E-state index is 13.2.